The second kappa shape index (κ2) is 4.69. The Hall–Kier alpha value is -2.03. The maximum Gasteiger partial charge on any atom is 0.253 e. The lowest BCUT2D eigenvalue weighted by Gasteiger charge is -2.12. The number of hydrogen-bond acceptors (Lipinski definition) is 2. The van der Waals surface area contributed by atoms with Crippen molar-refractivity contribution in [2.75, 3.05) is 7.11 Å². The van der Waals surface area contributed by atoms with Gasteiger partial charge in [0.2, 0.25) is 0 Å². The fourth-order valence-electron chi connectivity index (χ4n) is 2.06. The molecule has 3 heteroatoms. The Balaban J connectivity index is 2.67. The number of pyridine rings is 1. The zero-order valence-electron chi connectivity index (χ0n) is 11.2. The first kappa shape index (κ1) is 12.4. The van der Waals surface area contributed by atoms with E-state index in [0.29, 0.717) is 0 Å². The third-order valence-corrected chi connectivity index (χ3v) is 3.31. The Bertz CT molecular complexity index is 641. The maximum absolute atomic E-state index is 11.8. The second-order valence-electron chi connectivity index (χ2n) is 4.44. The average molecular weight is 243 g/mol. The van der Waals surface area contributed by atoms with Gasteiger partial charge < -0.3 is 9.30 Å². The molecule has 0 saturated carbocycles. The van der Waals surface area contributed by atoms with Crippen molar-refractivity contribution < 1.29 is 4.74 Å². The largest absolute Gasteiger partial charge is 0.497 e. The van der Waals surface area contributed by atoms with Crippen LogP contribution in [0, 0.1) is 13.8 Å². The summed E-state index contributed by atoms with van der Waals surface area (Å²) in [5, 5.41) is 0. The quantitative estimate of drug-likeness (QED) is 0.812. The predicted octanol–water partition coefficient (Wildman–Crippen LogP) is 2.68. The van der Waals surface area contributed by atoms with E-state index >= 15 is 0 Å². The minimum atomic E-state index is 0.0548. The summed E-state index contributed by atoms with van der Waals surface area (Å²) in [6.07, 6.45) is 1.87. The molecule has 1 heterocycles. The van der Waals surface area contributed by atoms with Gasteiger partial charge in [-0.25, -0.2) is 0 Å². The summed E-state index contributed by atoms with van der Waals surface area (Å²) in [7, 11) is 3.43. The van der Waals surface area contributed by atoms with Crippen molar-refractivity contribution in [1.29, 1.82) is 0 Å². The second-order valence-corrected chi connectivity index (χ2v) is 4.44. The lowest BCUT2D eigenvalue weighted by molar-refractivity contribution is 0.415. The number of nitrogens with zero attached hydrogens (tertiary/aromatic N) is 1. The van der Waals surface area contributed by atoms with E-state index in [0.717, 1.165) is 28.0 Å². The molecule has 0 spiro atoms. The van der Waals surface area contributed by atoms with E-state index in [4.69, 9.17) is 4.74 Å². The highest BCUT2D eigenvalue weighted by molar-refractivity contribution is 5.68. The number of rotatable bonds is 2. The Kier molecular flexibility index (Phi) is 3.24. The fourth-order valence-corrected chi connectivity index (χ4v) is 2.06. The third-order valence-electron chi connectivity index (χ3n) is 3.31. The van der Waals surface area contributed by atoms with Crippen LogP contribution in [0.15, 0.2) is 35.3 Å². The number of hydrogen-bond donors (Lipinski definition) is 0. The Morgan fingerprint density at radius 3 is 2.56 bits per heavy atom. The molecule has 0 fully saturated rings. The Morgan fingerprint density at radius 1 is 1.17 bits per heavy atom. The number of aromatic nitrogens is 1. The molecule has 0 atom stereocenters. The van der Waals surface area contributed by atoms with Crippen LogP contribution in [0.25, 0.3) is 11.1 Å². The van der Waals surface area contributed by atoms with Crippen LogP contribution in [0.3, 0.4) is 0 Å². The van der Waals surface area contributed by atoms with Gasteiger partial charge in [0, 0.05) is 24.4 Å². The Labute approximate surface area is 107 Å². The van der Waals surface area contributed by atoms with Crippen LogP contribution >= 0.6 is 0 Å². The first-order valence-corrected chi connectivity index (χ1v) is 5.86. The maximum atomic E-state index is 11.8. The zero-order chi connectivity index (χ0) is 13.3. The van der Waals surface area contributed by atoms with Gasteiger partial charge in [-0.2, -0.15) is 0 Å². The molecule has 0 radical (unpaired) electrons. The molecule has 0 aliphatic rings. The number of methoxy groups -OCH3 is 1. The summed E-state index contributed by atoms with van der Waals surface area (Å²) in [5.74, 6) is 0.818. The molecule has 18 heavy (non-hydrogen) atoms. The highest BCUT2D eigenvalue weighted by atomic mass is 16.5. The summed E-state index contributed by atoms with van der Waals surface area (Å²) in [5.41, 5.74) is 3.99. The first-order valence-electron chi connectivity index (χ1n) is 5.86. The monoisotopic (exact) mass is 243 g/mol. The van der Waals surface area contributed by atoms with E-state index in [-0.39, 0.29) is 5.56 Å². The van der Waals surface area contributed by atoms with Crippen LogP contribution in [-0.4, -0.2) is 11.7 Å². The summed E-state index contributed by atoms with van der Waals surface area (Å²) >= 11 is 0. The van der Waals surface area contributed by atoms with Crippen LogP contribution in [0.4, 0.5) is 0 Å². The van der Waals surface area contributed by atoms with Gasteiger partial charge in [0.15, 0.2) is 0 Å². The van der Waals surface area contributed by atoms with E-state index in [9.17, 15) is 4.79 Å². The molecule has 1 aromatic carbocycles. The van der Waals surface area contributed by atoms with Crippen molar-refractivity contribution in [3.8, 4) is 16.9 Å². The van der Waals surface area contributed by atoms with Crippen molar-refractivity contribution in [2.45, 2.75) is 13.8 Å². The molecule has 2 rings (SSSR count). The van der Waals surface area contributed by atoms with Gasteiger partial charge in [-0.3, -0.25) is 4.79 Å². The minimum Gasteiger partial charge on any atom is -0.497 e. The predicted molar refractivity (Wildman–Crippen MR) is 73.1 cm³/mol. The van der Waals surface area contributed by atoms with E-state index in [1.165, 1.54) is 0 Å². The molecule has 0 saturated heterocycles. The summed E-state index contributed by atoms with van der Waals surface area (Å²) in [6.45, 7) is 3.84. The molecular formula is C15H17NO2. The molecule has 0 N–H and O–H groups in total. The molecule has 94 valence electrons. The standard InChI is InChI=1S/C15H17NO2/c1-10-11(2)15(17)16(3)9-14(10)12-6-5-7-13(8-12)18-4/h5-9H,1-4H3. The molecule has 0 unspecified atom stereocenters. The van der Waals surface area contributed by atoms with Gasteiger partial charge in [0.25, 0.3) is 5.56 Å². The molecule has 0 aliphatic heterocycles. The van der Waals surface area contributed by atoms with Gasteiger partial charge >= 0.3 is 0 Å². The van der Waals surface area contributed by atoms with Crippen LogP contribution in [0.5, 0.6) is 5.75 Å². The van der Waals surface area contributed by atoms with Gasteiger partial charge in [0.1, 0.15) is 5.75 Å². The summed E-state index contributed by atoms with van der Waals surface area (Å²) in [6, 6.07) is 7.86. The van der Waals surface area contributed by atoms with Gasteiger partial charge in [-0.05, 0) is 37.1 Å². The van der Waals surface area contributed by atoms with Crippen molar-refractivity contribution >= 4 is 0 Å². The Morgan fingerprint density at radius 2 is 1.89 bits per heavy atom. The highest BCUT2D eigenvalue weighted by Gasteiger charge is 2.09. The van der Waals surface area contributed by atoms with Crippen LogP contribution in [-0.2, 0) is 7.05 Å². The molecule has 0 bridgehead atoms. The van der Waals surface area contributed by atoms with Crippen molar-refractivity contribution in [3.63, 3.8) is 0 Å². The van der Waals surface area contributed by atoms with Gasteiger partial charge in [-0.1, -0.05) is 12.1 Å². The van der Waals surface area contributed by atoms with Crippen molar-refractivity contribution in [3.05, 3.63) is 51.9 Å². The lowest BCUT2D eigenvalue weighted by Crippen LogP contribution is -2.20. The molecule has 0 amide bonds. The third kappa shape index (κ3) is 2.04. The SMILES string of the molecule is COc1cccc(-c2cn(C)c(=O)c(C)c2C)c1. The van der Waals surface area contributed by atoms with Crippen LogP contribution in [0.2, 0.25) is 0 Å². The topological polar surface area (TPSA) is 31.2 Å². The molecule has 2 aromatic rings. The number of benzene rings is 1. The van der Waals surface area contributed by atoms with Crippen molar-refractivity contribution in [1.82, 2.24) is 4.57 Å². The van der Waals surface area contributed by atoms with Gasteiger partial charge in [0.05, 0.1) is 7.11 Å². The molecular weight excluding hydrogens is 226 g/mol. The first-order chi connectivity index (χ1) is 8.54. The minimum absolute atomic E-state index is 0.0548. The molecule has 1 aromatic heterocycles. The number of ether oxygens (including phenoxy) is 1. The van der Waals surface area contributed by atoms with Crippen LogP contribution in [0.1, 0.15) is 11.1 Å². The average Bonchev–Trinajstić information content (AvgIpc) is 2.40. The highest BCUT2D eigenvalue weighted by Crippen LogP contribution is 2.26. The summed E-state index contributed by atoms with van der Waals surface area (Å²) in [4.78, 5) is 11.8. The van der Waals surface area contributed by atoms with E-state index < -0.39 is 0 Å². The van der Waals surface area contributed by atoms with Crippen LogP contribution < -0.4 is 10.3 Å². The molecule has 3 nitrogen and oxygen atoms in total. The smallest absolute Gasteiger partial charge is 0.253 e. The van der Waals surface area contributed by atoms with E-state index in [2.05, 4.69) is 0 Å². The van der Waals surface area contributed by atoms with E-state index in [1.54, 1.807) is 18.7 Å². The zero-order valence-corrected chi connectivity index (χ0v) is 11.2. The fraction of sp³-hybridized carbons (Fsp3) is 0.267. The lowest BCUT2D eigenvalue weighted by atomic mass is 9.99. The summed E-state index contributed by atoms with van der Waals surface area (Å²) < 4.78 is 6.85. The number of aryl methyl sites for hydroxylation is 1. The molecule has 0 aliphatic carbocycles. The van der Waals surface area contributed by atoms with Crippen molar-refractivity contribution in [2.24, 2.45) is 7.05 Å². The normalized spacial score (nSPS) is 10.4. The van der Waals surface area contributed by atoms with Gasteiger partial charge in [-0.15, -0.1) is 0 Å². The van der Waals surface area contributed by atoms with E-state index in [1.807, 2.05) is 44.3 Å².